The molecule has 0 fully saturated rings. The highest BCUT2D eigenvalue weighted by Gasteiger charge is 2.11. The predicted octanol–water partition coefficient (Wildman–Crippen LogP) is 3.04. The van der Waals surface area contributed by atoms with E-state index < -0.39 is 0 Å². The molecule has 0 aliphatic heterocycles. The van der Waals surface area contributed by atoms with Gasteiger partial charge in [0, 0.05) is 6.54 Å². The molecule has 0 radical (unpaired) electrons. The van der Waals surface area contributed by atoms with E-state index in [1.807, 2.05) is 36.4 Å². The number of hydrogen-bond donors (Lipinski definition) is 2. The number of unbranched alkanes of at least 4 members (excludes halogenated alkanes) is 1. The van der Waals surface area contributed by atoms with Gasteiger partial charge in [-0.25, -0.2) is 0 Å². The Labute approximate surface area is 137 Å². The van der Waals surface area contributed by atoms with Gasteiger partial charge < -0.3 is 15.8 Å². The number of carbonyl (C=O) groups is 1. The van der Waals surface area contributed by atoms with Crippen LogP contribution >= 0.6 is 0 Å². The Morgan fingerprint density at radius 3 is 2.61 bits per heavy atom. The molecule has 2 aromatic carbocycles. The summed E-state index contributed by atoms with van der Waals surface area (Å²) >= 11 is 0. The minimum absolute atomic E-state index is 0.109. The average Bonchev–Trinajstić information content (AvgIpc) is 2.58. The Balaban J connectivity index is 2.00. The fourth-order valence-electron chi connectivity index (χ4n) is 2.27. The Morgan fingerprint density at radius 2 is 1.83 bits per heavy atom. The predicted molar refractivity (Wildman–Crippen MR) is 92.6 cm³/mol. The van der Waals surface area contributed by atoms with Gasteiger partial charge in [-0.1, -0.05) is 36.4 Å². The smallest absolute Gasteiger partial charge is 0.255 e. The maximum atomic E-state index is 12.3. The van der Waals surface area contributed by atoms with Crippen LogP contribution in [0.5, 0.6) is 5.75 Å². The zero-order valence-electron chi connectivity index (χ0n) is 13.5. The molecule has 0 bridgehead atoms. The lowest BCUT2D eigenvalue weighted by Crippen LogP contribution is -2.25. The summed E-state index contributed by atoms with van der Waals surface area (Å²) in [6.45, 7) is 3.77. The molecule has 4 heteroatoms. The topological polar surface area (TPSA) is 64.3 Å². The summed E-state index contributed by atoms with van der Waals surface area (Å²) in [5.41, 5.74) is 8.31. The average molecular weight is 312 g/mol. The standard InChI is InChI=1S/C19H24N2O2/c1-15-8-2-3-9-16(15)14-23-18-11-5-4-10-17(18)19(22)21-13-7-6-12-20/h2-5,8-11H,6-7,12-14,20H2,1H3,(H,21,22). The van der Waals surface area contributed by atoms with Crippen LogP contribution in [-0.4, -0.2) is 19.0 Å². The first kappa shape index (κ1) is 17.0. The van der Waals surface area contributed by atoms with Crippen LogP contribution in [0.1, 0.15) is 34.3 Å². The zero-order valence-corrected chi connectivity index (χ0v) is 13.5. The molecule has 2 rings (SSSR count). The Hall–Kier alpha value is -2.33. The summed E-state index contributed by atoms with van der Waals surface area (Å²) in [5, 5.41) is 2.91. The number of nitrogens with one attached hydrogen (secondary N) is 1. The number of benzene rings is 2. The number of rotatable bonds is 8. The van der Waals surface area contributed by atoms with Crippen molar-refractivity contribution in [1.29, 1.82) is 0 Å². The van der Waals surface area contributed by atoms with Gasteiger partial charge in [-0.3, -0.25) is 4.79 Å². The molecule has 23 heavy (non-hydrogen) atoms. The van der Waals surface area contributed by atoms with Gasteiger partial charge in [0.05, 0.1) is 5.56 Å². The van der Waals surface area contributed by atoms with Gasteiger partial charge in [0.1, 0.15) is 12.4 Å². The number of ether oxygens (including phenoxy) is 1. The lowest BCUT2D eigenvalue weighted by Gasteiger charge is -2.12. The molecule has 0 spiro atoms. The fraction of sp³-hybridized carbons (Fsp3) is 0.316. The van der Waals surface area contributed by atoms with Crippen LogP contribution in [0.25, 0.3) is 0 Å². The van der Waals surface area contributed by atoms with Crippen molar-refractivity contribution >= 4 is 5.91 Å². The van der Waals surface area contributed by atoms with Crippen molar-refractivity contribution in [3.8, 4) is 5.75 Å². The first-order valence-corrected chi connectivity index (χ1v) is 7.97. The van der Waals surface area contributed by atoms with Crippen LogP contribution in [0.4, 0.5) is 0 Å². The van der Waals surface area contributed by atoms with Crippen molar-refractivity contribution < 1.29 is 9.53 Å². The maximum absolute atomic E-state index is 12.3. The third-order valence-corrected chi connectivity index (χ3v) is 3.69. The summed E-state index contributed by atoms with van der Waals surface area (Å²) in [6, 6.07) is 15.4. The zero-order chi connectivity index (χ0) is 16.5. The number of amides is 1. The van der Waals surface area contributed by atoms with Gasteiger partial charge in [-0.15, -0.1) is 0 Å². The Bertz CT molecular complexity index is 641. The first-order valence-electron chi connectivity index (χ1n) is 7.97. The van der Waals surface area contributed by atoms with E-state index in [4.69, 9.17) is 10.5 Å². The second kappa shape index (κ2) is 8.96. The number of carbonyl (C=O) groups excluding carboxylic acids is 1. The van der Waals surface area contributed by atoms with Gasteiger partial charge in [0.15, 0.2) is 0 Å². The van der Waals surface area contributed by atoms with Crippen molar-refractivity contribution in [1.82, 2.24) is 5.32 Å². The summed E-state index contributed by atoms with van der Waals surface area (Å²) in [4.78, 5) is 12.3. The molecule has 0 saturated heterocycles. The first-order chi connectivity index (χ1) is 11.2. The SMILES string of the molecule is Cc1ccccc1COc1ccccc1C(=O)NCCCCN. The molecule has 122 valence electrons. The molecular formula is C19H24N2O2. The van der Waals surface area contributed by atoms with Crippen LogP contribution in [0.15, 0.2) is 48.5 Å². The monoisotopic (exact) mass is 312 g/mol. The lowest BCUT2D eigenvalue weighted by atomic mass is 10.1. The molecule has 4 nitrogen and oxygen atoms in total. The molecule has 0 heterocycles. The van der Waals surface area contributed by atoms with Gasteiger partial charge in [-0.05, 0) is 49.6 Å². The van der Waals surface area contributed by atoms with E-state index in [-0.39, 0.29) is 5.91 Å². The van der Waals surface area contributed by atoms with E-state index in [1.54, 1.807) is 6.07 Å². The third kappa shape index (κ3) is 5.11. The summed E-state index contributed by atoms with van der Waals surface area (Å²) in [7, 11) is 0. The third-order valence-electron chi connectivity index (χ3n) is 3.69. The normalized spacial score (nSPS) is 10.3. The molecule has 1 amide bonds. The van der Waals surface area contributed by atoms with E-state index in [9.17, 15) is 4.79 Å². The lowest BCUT2D eigenvalue weighted by molar-refractivity contribution is 0.0948. The van der Waals surface area contributed by atoms with Crippen molar-refractivity contribution in [3.63, 3.8) is 0 Å². The van der Waals surface area contributed by atoms with E-state index in [2.05, 4.69) is 18.3 Å². The maximum Gasteiger partial charge on any atom is 0.255 e. The molecule has 0 unspecified atom stereocenters. The largest absolute Gasteiger partial charge is 0.488 e. The second-order valence-corrected chi connectivity index (χ2v) is 5.46. The molecule has 0 aromatic heterocycles. The molecule has 0 aliphatic carbocycles. The van der Waals surface area contributed by atoms with Crippen LogP contribution in [-0.2, 0) is 6.61 Å². The summed E-state index contributed by atoms with van der Waals surface area (Å²) in [5.74, 6) is 0.495. The second-order valence-electron chi connectivity index (χ2n) is 5.46. The molecule has 3 N–H and O–H groups in total. The number of nitrogens with two attached hydrogens (primary N) is 1. The molecular weight excluding hydrogens is 288 g/mol. The van der Waals surface area contributed by atoms with Crippen molar-refractivity contribution in [2.45, 2.75) is 26.4 Å². The van der Waals surface area contributed by atoms with E-state index in [0.29, 0.717) is 31.0 Å². The van der Waals surface area contributed by atoms with E-state index in [1.165, 1.54) is 5.56 Å². The van der Waals surface area contributed by atoms with Crippen LogP contribution in [0.2, 0.25) is 0 Å². The highest BCUT2D eigenvalue weighted by molar-refractivity contribution is 5.96. The van der Waals surface area contributed by atoms with Gasteiger partial charge in [0.2, 0.25) is 0 Å². The van der Waals surface area contributed by atoms with Gasteiger partial charge in [-0.2, -0.15) is 0 Å². The summed E-state index contributed by atoms with van der Waals surface area (Å²) < 4.78 is 5.87. The van der Waals surface area contributed by atoms with Crippen LogP contribution in [0, 0.1) is 6.92 Å². The van der Waals surface area contributed by atoms with Crippen molar-refractivity contribution in [2.24, 2.45) is 5.73 Å². The van der Waals surface area contributed by atoms with Crippen LogP contribution in [0.3, 0.4) is 0 Å². The minimum atomic E-state index is -0.109. The van der Waals surface area contributed by atoms with Crippen LogP contribution < -0.4 is 15.8 Å². The van der Waals surface area contributed by atoms with E-state index >= 15 is 0 Å². The van der Waals surface area contributed by atoms with Crippen molar-refractivity contribution in [3.05, 3.63) is 65.2 Å². The summed E-state index contributed by atoms with van der Waals surface area (Å²) in [6.07, 6.45) is 1.79. The van der Waals surface area contributed by atoms with Gasteiger partial charge in [0.25, 0.3) is 5.91 Å². The number of para-hydroxylation sites is 1. The van der Waals surface area contributed by atoms with E-state index in [0.717, 1.165) is 18.4 Å². The Morgan fingerprint density at radius 1 is 1.09 bits per heavy atom. The van der Waals surface area contributed by atoms with Gasteiger partial charge >= 0.3 is 0 Å². The molecule has 0 atom stereocenters. The number of aryl methyl sites for hydroxylation is 1. The highest BCUT2D eigenvalue weighted by Crippen LogP contribution is 2.20. The molecule has 0 aliphatic rings. The molecule has 0 saturated carbocycles. The molecule has 2 aromatic rings. The Kier molecular flexibility index (Phi) is 6.63. The number of hydrogen-bond acceptors (Lipinski definition) is 3. The fourth-order valence-corrected chi connectivity index (χ4v) is 2.27. The quantitative estimate of drug-likeness (QED) is 0.736. The highest BCUT2D eigenvalue weighted by atomic mass is 16.5. The minimum Gasteiger partial charge on any atom is -0.488 e. The van der Waals surface area contributed by atoms with Crippen molar-refractivity contribution in [2.75, 3.05) is 13.1 Å².